The molecule has 1 aliphatic rings. The molecule has 0 spiro atoms. The lowest BCUT2D eigenvalue weighted by Gasteiger charge is -2.25. The van der Waals surface area contributed by atoms with Crippen LogP contribution in [0.15, 0.2) is 15.8 Å². The molecule has 1 saturated heterocycles. The average Bonchev–Trinajstić information content (AvgIpc) is 3.05. The first-order chi connectivity index (χ1) is 18.3. The number of aliphatic hydroxyl groups is 1. The molecule has 0 aliphatic carbocycles. The Hall–Kier alpha value is -1.58. The molecular weight excluding hydrogens is 596 g/mol. The monoisotopic (exact) mass is 631 g/mol. The summed E-state index contributed by atoms with van der Waals surface area (Å²) in [5, 5.41) is 9.77. The minimum atomic E-state index is -4.36. The van der Waals surface area contributed by atoms with Crippen molar-refractivity contribution in [1.82, 2.24) is 14.6 Å². The first kappa shape index (κ1) is 34.6. The number of rotatable bonds is 12. The van der Waals surface area contributed by atoms with Gasteiger partial charge in [-0.15, -0.1) is 0 Å². The molecule has 3 N–H and O–H groups in total. The van der Waals surface area contributed by atoms with Crippen molar-refractivity contribution in [3.8, 4) is 0 Å². The van der Waals surface area contributed by atoms with Crippen molar-refractivity contribution in [2.75, 3.05) is 19.0 Å². The van der Waals surface area contributed by atoms with E-state index in [0.29, 0.717) is 4.57 Å². The van der Waals surface area contributed by atoms with Crippen LogP contribution in [0.25, 0.3) is 0 Å². The summed E-state index contributed by atoms with van der Waals surface area (Å²) in [6.07, 6.45) is -4.95. The number of alkyl halides is 2. The topological polar surface area (TPSA) is 175 Å². The van der Waals surface area contributed by atoms with Crippen LogP contribution in [-0.4, -0.2) is 74.2 Å². The van der Waals surface area contributed by atoms with Crippen molar-refractivity contribution in [1.29, 1.82) is 0 Å². The fourth-order valence-corrected chi connectivity index (χ4v) is 5.97. The maximum Gasteiger partial charge on any atom is 0.406 e. The molecule has 13 nitrogen and oxygen atoms in total. The number of halogens is 2. The van der Waals surface area contributed by atoms with E-state index >= 15 is 4.39 Å². The Kier molecular flexibility index (Phi) is 11.8. The van der Waals surface area contributed by atoms with Gasteiger partial charge in [0.25, 0.3) is 10.7 Å². The van der Waals surface area contributed by atoms with E-state index in [4.69, 9.17) is 30.1 Å². The molecule has 1 fully saturated rings. The van der Waals surface area contributed by atoms with Gasteiger partial charge < -0.3 is 14.6 Å². The second-order valence-corrected chi connectivity index (χ2v) is 13.9. The predicted molar refractivity (Wildman–Crippen MR) is 146 cm³/mol. The summed E-state index contributed by atoms with van der Waals surface area (Å²) in [5.74, 6) is -0.655. The van der Waals surface area contributed by atoms with Gasteiger partial charge in [0.1, 0.15) is 18.2 Å². The second kappa shape index (κ2) is 13.6. The molecule has 2 heterocycles. The average molecular weight is 632 g/mol. The number of thioether (sulfide) groups is 1. The number of carbonyl (C=O) groups excluding carboxylic acids is 2. The van der Waals surface area contributed by atoms with Crippen molar-refractivity contribution in [2.24, 2.45) is 5.41 Å². The van der Waals surface area contributed by atoms with Crippen molar-refractivity contribution < 1.29 is 42.2 Å². The number of nitrogens with one attached hydrogen (secondary N) is 2. The molecule has 0 saturated carbocycles. The Morgan fingerprint density at radius 2 is 1.95 bits per heavy atom. The van der Waals surface area contributed by atoms with E-state index < -0.39 is 72.7 Å². The highest BCUT2D eigenvalue weighted by atomic mass is 35.5. The van der Waals surface area contributed by atoms with E-state index in [1.54, 1.807) is 34.6 Å². The lowest BCUT2D eigenvalue weighted by Crippen LogP contribution is -2.42. The zero-order valence-corrected chi connectivity index (χ0v) is 25.7. The maximum atomic E-state index is 15.4. The number of ether oxygens (including phenoxy) is 2. The number of esters is 1. The Morgan fingerprint density at radius 3 is 2.52 bits per heavy atom. The van der Waals surface area contributed by atoms with E-state index in [1.165, 1.54) is 13.8 Å². The predicted octanol–water partition coefficient (Wildman–Crippen LogP) is 2.38. The zero-order valence-electron chi connectivity index (χ0n) is 23.3. The number of aromatic nitrogens is 2. The van der Waals surface area contributed by atoms with Crippen LogP contribution < -0.4 is 16.3 Å². The van der Waals surface area contributed by atoms with Crippen molar-refractivity contribution in [2.45, 2.75) is 84.2 Å². The molecule has 17 heteroatoms. The van der Waals surface area contributed by atoms with Crippen LogP contribution in [0.1, 0.15) is 53.3 Å². The number of aliphatic hydroxyl groups excluding tert-OH is 1. The summed E-state index contributed by atoms with van der Waals surface area (Å²) in [6, 6.07) is -1.17. The molecule has 1 aliphatic heterocycles. The lowest BCUT2D eigenvalue weighted by atomic mass is 10.00. The van der Waals surface area contributed by atoms with Gasteiger partial charge in [-0.25, -0.2) is 18.8 Å². The Morgan fingerprint density at radius 1 is 1.32 bits per heavy atom. The minimum Gasteiger partial charge on any atom is -0.462 e. The molecule has 40 heavy (non-hydrogen) atoms. The van der Waals surface area contributed by atoms with E-state index in [0.717, 1.165) is 18.0 Å². The number of nitrogens with zero attached hydrogens (tertiary/aromatic N) is 1. The maximum absolute atomic E-state index is 15.4. The van der Waals surface area contributed by atoms with Gasteiger partial charge in [-0.2, -0.15) is 0 Å². The SMILES string of the molecule is Cc1cn([C@@H]2O[C@H](CO[P@@](=O)(N[C@@H](C)C(=O)OC(C)C)OCCSC(=O)C(C)(C)C)[C@@H](O)[C@@]2(F)Cl)c(=O)[nH]c1=O. The highest BCUT2D eigenvalue weighted by Crippen LogP contribution is 2.48. The van der Waals surface area contributed by atoms with Crippen molar-refractivity contribution >= 4 is 42.2 Å². The van der Waals surface area contributed by atoms with Gasteiger partial charge in [0.2, 0.25) is 0 Å². The summed E-state index contributed by atoms with van der Waals surface area (Å²) in [4.78, 5) is 50.4. The standard InChI is InChI=1S/C23H36ClFN3O10PS/c1-12(2)37-18(31)14(4)27-39(34,35-8-9-40-20(32)22(5,6)7)36-11-15-16(29)23(24,25)19(38-15)28-10-13(3)17(30)26-21(28)33/h10,12,14-16,19,29H,8-9,11H2,1-7H3,(H,27,34)(H,26,30,33)/t14-,15+,16+,19+,23-,39+/m0/s1. The summed E-state index contributed by atoms with van der Waals surface area (Å²) < 4.78 is 51.0. The molecule has 0 amide bonds. The minimum absolute atomic E-state index is 0.0528. The van der Waals surface area contributed by atoms with E-state index in [-0.39, 0.29) is 23.0 Å². The highest BCUT2D eigenvalue weighted by molar-refractivity contribution is 8.13. The molecule has 228 valence electrons. The highest BCUT2D eigenvalue weighted by Gasteiger charge is 2.58. The van der Waals surface area contributed by atoms with E-state index in [2.05, 4.69) is 5.09 Å². The van der Waals surface area contributed by atoms with Gasteiger partial charge in [0, 0.05) is 22.9 Å². The smallest absolute Gasteiger partial charge is 0.406 e. The van der Waals surface area contributed by atoms with Crippen LogP contribution in [0.5, 0.6) is 0 Å². The third-order valence-electron chi connectivity index (χ3n) is 5.43. The molecule has 0 aromatic carbocycles. The number of H-pyrrole nitrogens is 1. The molecule has 1 aromatic rings. The van der Waals surface area contributed by atoms with Crippen LogP contribution in [0.3, 0.4) is 0 Å². The van der Waals surface area contributed by atoms with Crippen LogP contribution in [-0.2, 0) is 32.7 Å². The summed E-state index contributed by atoms with van der Waals surface area (Å²) in [5.41, 5.74) is -2.29. The van der Waals surface area contributed by atoms with Gasteiger partial charge in [0.15, 0.2) is 11.3 Å². The third-order valence-corrected chi connectivity index (χ3v) is 8.80. The molecule has 0 bridgehead atoms. The van der Waals surface area contributed by atoms with Crippen LogP contribution in [0, 0.1) is 12.3 Å². The third kappa shape index (κ3) is 8.96. The fourth-order valence-electron chi connectivity index (χ4n) is 3.28. The first-order valence-corrected chi connectivity index (χ1v) is 15.3. The molecule has 2 rings (SSSR count). The van der Waals surface area contributed by atoms with Gasteiger partial charge in [-0.3, -0.25) is 33.0 Å². The molecular formula is C23H36ClFN3O10PS. The molecule has 6 atom stereocenters. The lowest BCUT2D eigenvalue weighted by molar-refractivity contribution is -0.149. The van der Waals surface area contributed by atoms with Gasteiger partial charge in [-0.05, 0) is 27.7 Å². The quantitative estimate of drug-likeness (QED) is 0.133. The Bertz CT molecular complexity index is 1230. The van der Waals surface area contributed by atoms with Crippen molar-refractivity contribution in [3.05, 3.63) is 32.6 Å². The summed E-state index contributed by atoms with van der Waals surface area (Å²) in [6.45, 7) is 10.2. The summed E-state index contributed by atoms with van der Waals surface area (Å²) in [7, 11) is -4.36. The van der Waals surface area contributed by atoms with E-state index in [9.17, 15) is 28.8 Å². The summed E-state index contributed by atoms with van der Waals surface area (Å²) >= 11 is 6.86. The number of carbonyl (C=O) groups is 2. The number of aryl methyl sites for hydroxylation is 1. The first-order valence-electron chi connectivity index (χ1n) is 12.4. The van der Waals surface area contributed by atoms with Gasteiger partial charge in [0.05, 0.1) is 19.3 Å². The largest absolute Gasteiger partial charge is 0.462 e. The molecule has 0 unspecified atom stereocenters. The zero-order chi connectivity index (χ0) is 30.6. The van der Waals surface area contributed by atoms with Crippen LogP contribution in [0.2, 0.25) is 0 Å². The fraction of sp³-hybridized carbons (Fsp3) is 0.739. The Labute approximate surface area is 240 Å². The number of hydrogen-bond acceptors (Lipinski definition) is 11. The number of aromatic amines is 1. The van der Waals surface area contributed by atoms with E-state index in [1.807, 2.05) is 4.98 Å². The van der Waals surface area contributed by atoms with Crippen molar-refractivity contribution in [3.63, 3.8) is 0 Å². The number of hydrogen-bond donors (Lipinski definition) is 3. The molecule has 0 radical (unpaired) electrons. The van der Waals surface area contributed by atoms with Gasteiger partial charge in [-0.1, -0.05) is 44.1 Å². The van der Waals surface area contributed by atoms with Crippen LogP contribution in [0.4, 0.5) is 4.39 Å². The Balaban J connectivity index is 2.19. The normalized spacial score (nSPS) is 25.5. The van der Waals surface area contributed by atoms with Crippen LogP contribution >= 0.6 is 31.1 Å². The molecule has 1 aromatic heterocycles. The second-order valence-electron chi connectivity index (χ2n) is 10.5. The van der Waals surface area contributed by atoms with Gasteiger partial charge >= 0.3 is 19.4 Å².